The Labute approximate surface area is 497 Å². The predicted octanol–water partition coefficient (Wildman–Crippen LogP) is 7.25. The molecule has 2 aliphatic rings. The lowest BCUT2D eigenvalue weighted by atomic mass is 10.0. The molecule has 2 aromatic heterocycles. The maximum atomic E-state index is 14.0. The number of likely N-dealkylation sites (N-methyl/N-ethyl adjacent to an activating group) is 2. The Morgan fingerprint density at radius 1 is 0.774 bits per heavy atom. The summed E-state index contributed by atoms with van der Waals surface area (Å²) in [5.74, 6) is 1.86. The van der Waals surface area contributed by atoms with E-state index in [0.717, 1.165) is 80.0 Å². The van der Waals surface area contributed by atoms with Crippen LogP contribution in [-0.4, -0.2) is 189 Å². The van der Waals surface area contributed by atoms with Gasteiger partial charge in [-0.05, 0) is 118 Å². The third kappa shape index (κ3) is 22.3. The quantitative estimate of drug-likeness (QED) is 0.0262. The number of piperazine rings is 1. The van der Waals surface area contributed by atoms with E-state index in [9.17, 15) is 19.2 Å². The zero-order valence-corrected chi connectivity index (χ0v) is 49.7. The van der Waals surface area contributed by atoms with Crippen LogP contribution in [0.25, 0.3) is 0 Å². The average Bonchev–Trinajstić information content (AvgIpc) is 4.31. The molecule has 1 saturated carbocycles. The summed E-state index contributed by atoms with van der Waals surface area (Å²) in [6.07, 6.45) is 12.3. The Kier molecular flexibility index (Phi) is 26.7. The first-order valence-corrected chi connectivity index (χ1v) is 29.8. The number of hydrogen-bond acceptors (Lipinski definition) is 16. The first kappa shape index (κ1) is 64.1. The fraction of sp³-hybridized carbons (Fsp3) is 0.468. The van der Waals surface area contributed by atoms with Gasteiger partial charge in [-0.15, -0.1) is 16.4 Å². The number of unbranched alkanes of at least 4 members (excludes halogenated alkanes) is 1. The second-order valence-electron chi connectivity index (χ2n) is 20.6. The minimum absolute atomic E-state index is 0.00769. The molecule has 22 heteroatoms. The molecule has 2 fully saturated rings. The molecule has 1 aliphatic heterocycles. The van der Waals surface area contributed by atoms with E-state index in [2.05, 4.69) is 61.3 Å². The molecule has 7 rings (SSSR count). The smallest absolute Gasteiger partial charge is 0.325 e. The molecule has 0 bridgehead atoms. The number of aromatic nitrogens is 4. The highest BCUT2D eigenvalue weighted by atomic mass is 32.1. The topological polar surface area (TPSA) is 216 Å². The summed E-state index contributed by atoms with van der Waals surface area (Å²) >= 11 is 1.28. The van der Waals surface area contributed by atoms with Gasteiger partial charge >= 0.3 is 6.03 Å². The molecule has 5 amide bonds. The van der Waals surface area contributed by atoms with E-state index in [1.165, 1.54) is 11.3 Å². The second kappa shape index (κ2) is 35.0. The summed E-state index contributed by atoms with van der Waals surface area (Å²) in [6, 6.07) is 21.1. The van der Waals surface area contributed by atoms with Gasteiger partial charge in [0.25, 0.3) is 0 Å². The molecule has 1 atom stereocenters. The van der Waals surface area contributed by atoms with E-state index in [-0.39, 0.29) is 43.1 Å². The third-order valence-corrected chi connectivity index (χ3v) is 14.9. The van der Waals surface area contributed by atoms with Crippen molar-refractivity contribution in [2.45, 2.75) is 70.0 Å². The van der Waals surface area contributed by atoms with Crippen LogP contribution in [0.2, 0.25) is 0 Å². The van der Waals surface area contributed by atoms with Crippen molar-refractivity contribution in [1.29, 1.82) is 0 Å². The molecule has 5 aromatic rings. The number of nitrogens with one attached hydrogen (secondary N) is 3. The number of carbonyl (C=O) groups is 4. The van der Waals surface area contributed by atoms with Crippen molar-refractivity contribution >= 4 is 45.9 Å². The Balaban J connectivity index is 0.663. The molecule has 0 spiro atoms. The number of amides is 5. The largest absolute Gasteiger partial charge is 0.497 e. The van der Waals surface area contributed by atoms with Crippen molar-refractivity contribution in [2.75, 3.05) is 131 Å². The SMILES string of the molecule is C=C/C=C(\C=C)CNC(=O)C(c1ccc(OC)cc1)N(C(=O)CCc1ccc(OCCCCN(C)CCOCCOCCc2cn(CCOCCOc3ccc(NC(=O)Nc4nc(CC(=O)N5CCN(C)CC5)cs4)cc3)nn2)cc1)C1CC1. The van der Waals surface area contributed by atoms with Crippen LogP contribution >= 0.6 is 11.3 Å². The molecule has 452 valence electrons. The molecule has 21 nitrogen and oxygen atoms in total. The van der Waals surface area contributed by atoms with Crippen LogP contribution in [-0.2, 0) is 54.4 Å². The molecule has 1 unspecified atom stereocenters. The van der Waals surface area contributed by atoms with E-state index in [0.29, 0.717) is 113 Å². The van der Waals surface area contributed by atoms with Gasteiger partial charge in [-0.3, -0.25) is 19.7 Å². The minimum Gasteiger partial charge on any atom is -0.497 e. The van der Waals surface area contributed by atoms with Crippen LogP contribution < -0.4 is 30.2 Å². The second-order valence-corrected chi connectivity index (χ2v) is 21.5. The molecule has 1 saturated heterocycles. The van der Waals surface area contributed by atoms with Crippen molar-refractivity contribution in [2.24, 2.45) is 0 Å². The van der Waals surface area contributed by atoms with Crippen molar-refractivity contribution in [3.05, 3.63) is 144 Å². The number of allylic oxidation sites excluding steroid dienone is 2. The first-order chi connectivity index (χ1) is 41.0. The van der Waals surface area contributed by atoms with Crippen LogP contribution in [0.1, 0.15) is 60.7 Å². The molecular formula is C62H83N11O10S. The maximum absolute atomic E-state index is 14.0. The lowest BCUT2D eigenvalue weighted by molar-refractivity contribution is -0.141. The number of thiazole rings is 1. The summed E-state index contributed by atoms with van der Waals surface area (Å²) in [5, 5.41) is 19.2. The van der Waals surface area contributed by atoms with Crippen molar-refractivity contribution in [1.82, 2.24) is 44.9 Å². The Hall–Kier alpha value is -7.47. The van der Waals surface area contributed by atoms with E-state index >= 15 is 0 Å². The number of hydrogen-bond donors (Lipinski definition) is 3. The van der Waals surface area contributed by atoms with Gasteiger partial charge in [0.05, 0.1) is 77.7 Å². The number of ether oxygens (including phenoxy) is 6. The molecule has 84 heavy (non-hydrogen) atoms. The number of anilines is 2. The lowest BCUT2D eigenvalue weighted by Crippen LogP contribution is -2.47. The molecule has 3 heterocycles. The number of rotatable bonds is 38. The van der Waals surface area contributed by atoms with Gasteiger partial charge in [0, 0.05) is 75.4 Å². The average molecular weight is 1170 g/mol. The van der Waals surface area contributed by atoms with Gasteiger partial charge in [-0.2, -0.15) is 0 Å². The maximum Gasteiger partial charge on any atom is 0.325 e. The van der Waals surface area contributed by atoms with E-state index in [4.69, 9.17) is 28.4 Å². The molecule has 3 aromatic carbocycles. The Morgan fingerprint density at radius 2 is 1.46 bits per heavy atom. The van der Waals surface area contributed by atoms with E-state index in [1.807, 2.05) is 66.7 Å². The van der Waals surface area contributed by atoms with Gasteiger partial charge in [0.2, 0.25) is 17.7 Å². The number of aryl methyl sites for hydroxylation is 1. The van der Waals surface area contributed by atoms with Crippen LogP contribution in [0.3, 0.4) is 0 Å². The molecule has 1 aliphatic carbocycles. The normalized spacial score (nSPS) is 14.0. The zero-order chi connectivity index (χ0) is 59.3. The summed E-state index contributed by atoms with van der Waals surface area (Å²) in [6.45, 7) is 17.3. The lowest BCUT2D eigenvalue weighted by Gasteiger charge is -2.32. The van der Waals surface area contributed by atoms with Gasteiger partial charge in [0.15, 0.2) is 5.13 Å². The van der Waals surface area contributed by atoms with Gasteiger partial charge in [-0.1, -0.05) is 60.9 Å². The number of carbonyl (C=O) groups excluding carboxylic acids is 4. The van der Waals surface area contributed by atoms with Crippen molar-refractivity contribution < 1.29 is 47.6 Å². The zero-order valence-electron chi connectivity index (χ0n) is 48.9. The molecule has 0 radical (unpaired) electrons. The Bertz CT molecular complexity index is 2850. The van der Waals surface area contributed by atoms with E-state index in [1.54, 1.807) is 64.6 Å². The number of urea groups is 1. The van der Waals surface area contributed by atoms with Crippen LogP contribution in [0.4, 0.5) is 15.6 Å². The monoisotopic (exact) mass is 1170 g/mol. The number of methoxy groups -OCH3 is 1. The Morgan fingerprint density at radius 3 is 2.18 bits per heavy atom. The van der Waals surface area contributed by atoms with Crippen molar-refractivity contribution in [3.8, 4) is 17.2 Å². The van der Waals surface area contributed by atoms with E-state index < -0.39 is 12.1 Å². The van der Waals surface area contributed by atoms with Gasteiger partial charge in [-0.25, -0.2) is 14.5 Å². The molecule has 3 N–H and O–H groups in total. The van der Waals surface area contributed by atoms with Gasteiger partial charge < -0.3 is 58.7 Å². The minimum atomic E-state index is -0.777. The summed E-state index contributed by atoms with van der Waals surface area (Å²) in [4.78, 5) is 65.5. The standard InChI is InChI=1S/C62H83N11O10S/c1-6-10-47(7-2)44-63-60(76)59(49-14-22-54(78-5)23-15-49)73(53-18-19-53)57(74)26-13-48-11-20-55(21-12-48)82-35-9-8-28-69(3)33-37-80-40-39-79-36-27-51-45-72(68-67-51)34-38-81-41-42-83-56-24-16-50(17-25-56)64-61(77)66-62-65-52(46-84-62)43-58(75)71-31-29-70(4)30-32-71/h6-7,10-12,14-17,20-25,45-46,53,59H,1-2,8-9,13,18-19,26-44H2,3-5H3,(H,63,76)(H2,64,65,66,77)/b47-10+. The number of nitrogens with zero attached hydrogens (tertiary/aromatic N) is 8. The highest BCUT2D eigenvalue weighted by Crippen LogP contribution is 2.36. The first-order valence-electron chi connectivity index (χ1n) is 28.9. The van der Waals surface area contributed by atoms with Crippen LogP contribution in [0.15, 0.2) is 121 Å². The molecular weight excluding hydrogens is 1090 g/mol. The van der Waals surface area contributed by atoms with Gasteiger partial charge in [0.1, 0.15) is 29.9 Å². The predicted molar refractivity (Wildman–Crippen MR) is 325 cm³/mol. The van der Waals surface area contributed by atoms with Crippen LogP contribution in [0, 0.1) is 0 Å². The third-order valence-electron chi connectivity index (χ3n) is 14.1. The summed E-state index contributed by atoms with van der Waals surface area (Å²) in [7, 11) is 5.74. The summed E-state index contributed by atoms with van der Waals surface area (Å²) < 4.78 is 36.3. The fourth-order valence-electron chi connectivity index (χ4n) is 9.11. The highest BCUT2D eigenvalue weighted by Gasteiger charge is 2.41. The number of benzene rings is 3. The van der Waals surface area contributed by atoms with Crippen LogP contribution in [0.5, 0.6) is 17.2 Å². The summed E-state index contributed by atoms with van der Waals surface area (Å²) in [5.41, 5.74) is 4.65. The van der Waals surface area contributed by atoms with Crippen molar-refractivity contribution in [3.63, 3.8) is 0 Å². The fourth-order valence-corrected chi connectivity index (χ4v) is 9.82. The highest BCUT2D eigenvalue weighted by molar-refractivity contribution is 7.14.